The van der Waals surface area contributed by atoms with Crippen LogP contribution in [0.4, 0.5) is 0 Å². The molecule has 2 aliphatic heterocycles. The van der Waals surface area contributed by atoms with Crippen LogP contribution >= 0.6 is 0 Å². The van der Waals surface area contributed by atoms with Crippen LogP contribution in [0.2, 0.25) is 0 Å². The molecule has 20 heavy (non-hydrogen) atoms. The molecule has 4 heteroatoms. The Morgan fingerprint density at radius 2 is 1.45 bits per heavy atom. The summed E-state index contributed by atoms with van der Waals surface area (Å²) in [5.74, 6) is 0.456. The molecule has 2 rings (SSSR count). The summed E-state index contributed by atoms with van der Waals surface area (Å²) >= 11 is 0. The Hall–Kier alpha value is -0.610. The van der Waals surface area contributed by atoms with E-state index in [1.165, 1.54) is 25.9 Å². The molecule has 4 nitrogen and oxygen atoms in total. The number of hydrogen-bond acceptors (Lipinski definition) is 3. The van der Waals surface area contributed by atoms with Crippen molar-refractivity contribution in [3.05, 3.63) is 0 Å². The van der Waals surface area contributed by atoms with Gasteiger partial charge in [-0.1, -0.05) is 27.7 Å². The number of carbonyl (C=O) groups is 1. The number of nitrogens with zero attached hydrogens (tertiary/aromatic N) is 3. The molecule has 0 N–H and O–H groups in total. The van der Waals surface area contributed by atoms with Crippen LogP contribution in [0.5, 0.6) is 0 Å². The maximum atomic E-state index is 11.9. The molecule has 2 fully saturated rings. The minimum absolute atomic E-state index is 0.139. The van der Waals surface area contributed by atoms with E-state index in [-0.39, 0.29) is 5.92 Å². The first-order chi connectivity index (χ1) is 9.58. The summed E-state index contributed by atoms with van der Waals surface area (Å²) in [4.78, 5) is 19.0. The predicted octanol–water partition coefficient (Wildman–Crippen LogP) is 1.91. The van der Waals surface area contributed by atoms with Gasteiger partial charge in [-0.3, -0.25) is 9.69 Å². The molecule has 2 saturated heterocycles. The molecular formula is C16H33N3O. The lowest BCUT2D eigenvalue weighted by Gasteiger charge is -2.42. The molecule has 1 amide bonds. The lowest BCUT2D eigenvalue weighted by molar-refractivity contribution is -0.136. The zero-order chi connectivity index (χ0) is 15.1. The van der Waals surface area contributed by atoms with Crippen molar-refractivity contribution in [3.8, 4) is 0 Å². The minimum atomic E-state index is 0.139. The van der Waals surface area contributed by atoms with Gasteiger partial charge in [-0.05, 0) is 33.0 Å². The van der Waals surface area contributed by atoms with E-state index in [2.05, 4.69) is 16.8 Å². The highest BCUT2D eigenvalue weighted by Crippen LogP contribution is 2.18. The van der Waals surface area contributed by atoms with Crippen molar-refractivity contribution in [1.82, 2.24) is 14.7 Å². The minimum Gasteiger partial charge on any atom is -0.340 e. The Bertz CT molecular complexity index is 277. The lowest BCUT2D eigenvalue weighted by Crippen LogP contribution is -2.54. The topological polar surface area (TPSA) is 26.8 Å². The summed E-state index contributed by atoms with van der Waals surface area (Å²) in [6.07, 6.45) is 2.57. The fraction of sp³-hybridized carbons (Fsp3) is 0.938. The Labute approximate surface area is 125 Å². The first-order valence-electron chi connectivity index (χ1n) is 8.29. The van der Waals surface area contributed by atoms with Gasteiger partial charge in [0.25, 0.3) is 0 Å². The molecule has 0 atom stereocenters. The predicted molar refractivity (Wildman–Crippen MR) is 84.9 cm³/mol. The van der Waals surface area contributed by atoms with Crippen LogP contribution in [0, 0.1) is 5.92 Å². The molecule has 118 valence electrons. The monoisotopic (exact) mass is 283 g/mol. The second-order valence-electron chi connectivity index (χ2n) is 6.05. The quantitative estimate of drug-likeness (QED) is 0.774. The summed E-state index contributed by atoms with van der Waals surface area (Å²) < 4.78 is 0. The molecule has 0 radical (unpaired) electrons. The molecule has 0 bridgehead atoms. The van der Waals surface area contributed by atoms with Crippen LogP contribution in [0.1, 0.15) is 40.5 Å². The fourth-order valence-electron chi connectivity index (χ4n) is 3.03. The van der Waals surface area contributed by atoms with Gasteiger partial charge in [-0.25, -0.2) is 0 Å². The lowest BCUT2D eigenvalue weighted by atomic mass is 10.0. The smallest absolute Gasteiger partial charge is 0.225 e. The van der Waals surface area contributed by atoms with Crippen LogP contribution in [-0.2, 0) is 4.79 Å². The fourth-order valence-corrected chi connectivity index (χ4v) is 3.03. The zero-order valence-electron chi connectivity index (χ0n) is 14.1. The van der Waals surface area contributed by atoms with Crippen LogP contribution in [0.15, 0.2) is 0 Å². The first-order valence-corrected chi connectivity index (χ1v) is 8.29. The average Bonchev–Trinajstić information content (AvgIpc) is 2.49. The number of hydrogen-bond donors (Lipinski definition) is 0. The molecule has 2 aliphatic rings. The van der Waals surface area contributed by atoms with Gasteiger partial charge in [0.05, 0.1) is 0 Å². The van der Waals surface area contributed by atoms with Crippen molar-refractivity contribution < 1.29 is 4.79 Å². The molecule has 0 aromatic heterocycles. The molecule has 0 aromatic rings. The second-order valence-corrected chi connectivity index (χ2v) is 6.05. The van der Waals surface area contributed by atoms with E-state index < -0.39 is 0 Å². The normalized spacial score (nSPS) is 22.6. The van der Waals surface area contributed by atoms with Crippen molar-refractivity contribution >= 4 is 5.91 Å². The summed E-state index contributed by atoms with van der Waals surface area (Å²) in [7, 11) is 2.20. The van der Waals surface area contributed by atoms with E-state index in [0.29, 0.717) is 5.91 Å². The third kappa shape index (κ3) is 4.74. The third-order valence-corrected chi connectivity index (χ3v) is 4.32. The van der Waals surface area contributed by atoms with Gasteiger partial charge in [-0.15, -0.1) is 0 Å². The van der Waals surface area contributed by atoms with Gasteiger partial charge < -0.3 is 9.80 Å². The number of piperazine rings is 1. The maximum Gasteiger partial charge on any atom is 0.225 e. The summed E-state index contributed by atoms with van der Waals surface area (Å²) in [6.45, 7) is 14.4. The van der Waals surface area contributed by atoms with Crippen molar-refractivity contribution in [2.24, 2.45) is 5.92 Å². The van der Waals surface area contributed by atoms with Crippen molar-refractivity contribution in [1.29, 1.82) is 0 Å². The highest BCUT2D eigenvalue weighted by Gasteiger charge is 2.28. The van der Waals surface area contributed by atoms with E-state index >= 15 is 0 Å². The Morgan fingerprint density at radius 1 is 0.950 bits per heavy atom. The zero-order valence-corrected chi connectivity index (χ0v) is 14.1. The Kier molecular flexibility index (Phi) is 7.52. The summed E-state index contributed by atoms with van der Waals surface area (Å²) in [5.41, 5.74) is 0. The number of carbonyl (C=O) groups excluding carboxylic acids is 1. The first kappa shape index (κ1) is 17.4. The van der Waals surface area contributed by atoms with Crippen molar-refractivity contribution in [3.63, 3.8) is 0 Å². The van der Waals surface area contributed by atoms with Gasteiger partial charge >= 0.3 is 0 Å². The van der Waals surface area contributed by atoms with Crippen LogP contribution < -0.4 is 0 Å². The van der Waals surface area contributed by atoms with Gasteiger partial charge in [-0.2, -0.15) is 0 Å². The van der Waals surface area contributed by atoms with Gasteiger partial charge in [0.2, 0.25) is 5.91 Å². The number of rotatable bonds is 2. The Balaban J connectivity index is 0.000000956. The molecule has 0 aliphatic carbocycles. The standard InChI is InChI=1S/C14H27N3O.C2H6/c1-12(2)14(18)17-10-8-16(9-11-17)13-4-6-15(3)7-5-13;1-2/h12-13H,4-11H2,1-3H3;1-2H3. The molecule has 2 heterocycles. The van der Waals surface area contributed by atoms with Crippen molar-refractivity contribution in [2.75, 3.05) is 46.3 Å². The molecule has 0 unspecified atom stereocenters. The van der Waals surface area contributed by atoms with E-state index in [9.17, 15) is 4.79 Å². The largest absolute Gasteiger partial charge is 0.340 e. The molecule has 0 saturated carbocycles. The van der Waals surface area contributed by atoms with Crippen LogP contribution in [0.25, 0.3) is 0 Å². The summed E-state index contributed by atoms with van der Waals surface area (Å²) in [5, 5.41) is 0. The van der Waals surface area contributed by atoms with Crippen LogP contribution in [0.3, 0.4) is 0 Å². The number of likely N-dealkylation sites (tertiary alicyclic amines) is 1. The number of piperidine rings is 1. The van der Waals surface area contributed by atoms with Crippen molar-refractivity contribution in [2.45, 2.75) is 46.6 Å². The van der Waals surface area contributed by atoms with Crippen LogP contribution in [-0.4, -0.2) is 73.0 Å². The molecular weight excluding hydrogens is 250 g/mol. The van der Waals surface area contributed by atoms with E-state index in [1.54, 1.807) is 0 Å². The molecule has 0 spiro atoms. The van der Waals surface area contributed by atoms with Gasteiger partial charge in [0, 0.05) is 38.1 Å². The van der Waals surface area contributed by atoms with E-state index in [1.807, 2.05) is 32.6 Å². The highest BCUT2D eigenvalue weighted by atomic mass is 16.2. The average molecular weight is 283 g/mol. The third-order valence-electron chi connectivity index (χ3n) is 4.32. The van der Waals surface area contributed by atoms with Gasteiger partial charge in [0.1, 0.15) is 0 Å². The SMILES string of the molecule is CC.CC(C)C(=O)N1CCN(C2CCN(C)CC2)CC1. The highest BCUT2D eigenvalue weighted by molar-refractivity contribution is 5.78. The van der Waals surface area contributed by atoms with E-state index in [4.69, 9.17) is 0 Å². The number of amides is 1. The second kappa shape index (κ2) is 8.63. The summed E-state index contributed by atoms with van der Waals surface area (Å²) in [6, 6.07) is 0.748. The molecule has 0 aromatic carbocycles. The van der Waals surface area contributed by atoms with E-state index in [0.717, 1.165) is 32.2 Å². The van der Waals surface area contributed by atoms with Gasteiger partial charge in [0.15, 0.2) is 0 Å². The Morgan fingerprint density at radius 3 is 1.90 bits per heavy atom. The maximum absolute atomic E-state index is 11.9.